The van der Waals surface area contributed by atoms with Gasteiger partial charge in [0.05, 0.1) is 17.1 Å². The Hall–Kier alpha value is -1.78. The molecule has 0 spiro atoms. The van der Waals surface area contributed by atoms with E-state index in [1.807, 2.05) is 36.4 Å². The number of benzene rings is 2. The van der Waals surface area contributed by atoms with E-state index in [1.54, 1.807) is 0 Å². The molecule has 0 saturated carbocycles. The monoisotopic (exact) mass is 343 g/mol. The molecule has 3 nitrogen and oxygen atoms in total. The minimum Gasteiger partial charge on any atom is -0.493 e. The highest BCUT2D eigenvalue weighted by molar-refractivity contribution is 9.10. The number of furan rings is 1. The van der Waals surface area contributed by atoms with E-state index in [0.29, 0.717) is 0 Å². The summed E-state index contributed by atoms with van der Waals surface area (Å²) in [5.41, 5.74) is 9.45. The number of hydrogen-bond acceptors (Lipinski definition) is 3. The van der Waals surface area contributed by atoms with Crippen LogP contribution in [-0.4, -0.2) is 6.61 Å². The van der Waals surface area contributed by atoms with Crippen molar-refractivity contribution in [3.05, 3.63) is 63.8 Å². The molecule has 2 aromatic carbocycles. The highest BCUT2D eigenvalue weighted by Gasteiger charge is 2.23. The van der Waals surface area contributed by atoms with Crippen molar-refractivity contribution in [2.24, 2.45) is 5.73 Å². The lowest BCUT2D eigenvalue weighted by molar-refractivity contribution is 0.351. The summed E-state index contributed by atoms with van der Waals surface area (Å²) in [6.45, 7) is 0.727. The molecule has 0 fully saturated rings. The van der Waals surface area contributed by atoms with Crippen molar-refractivity contribution in [2.75, 3.05) is 6.61 Å². The second-order valence-electron chi connectivity index (χ2n) is 5.22. The van der Waals surface area contributed by atoms with Crippen LogP contribution in [0, 0.1) is 0 Å². The molecule has 2 N–H and O–H groups in total. The van der Waals surface area contributed by atoms with Gasteiger partial charge in [0.25, 0.3) is 0 Å². The molecule has 21 heavy (non-hydrogen) atoms. The SMILES string of the molecule is NC(c1cc2cccc(Br)c2o1)c1cccc2c1OCC2. The van der Waals surface area contributed by atoms with Gasteiger partial charge < -0.3 is 14.9 Å². The first-order valence-corrected chi connectivity index (χ1v) is 7.71. The van der Waals surface area contributed by atoms with Crippen LogP contribution < -0.4 is 10.5 Å². The molecule has 0 aliphatic carbocycles. The molecule has 4 heteroatoms. The normalized spacial score (nSPS) is 15.0. The highest BCUT2D eigenvalue weighted by atomic mass is 79.9. The summed E-state index contributed by atoms with van der Waals surface area (Å²) in [5.74, 6) is 1.67. The predicted octanol–water partition coefficient (Wildman–Crippen LogP) is 4.18. The van der Waals surface area contributed by atoms with Gasteiger partial charge in [0.2, 0.25) is 0 Å². The molecule has 4 rings (SSSR count). The molecule has 2 heterocycles. The predicted molar refractivity (Wildman–Crippen MR) is 85.6 cm³/mol. The molecule has 3 aromatic rings. The largest absolute Gasteiger partial charge is 0.493 e. The van der Waals surface area contributed by atoms with Crippen molar-refractivity contribution in [3.8, 4) is 5.75 Å². The third kappa shape index (κ3) is 2.06. The fourth-order valence-corrected chi connectivity index (χ4v) is 3.30. The van der Waals surface area contributed by atoms with E-state index in [0.717, 1.165) is 45.5 Å². The van der Waals surface area contributed by atoms with Crippen LogP contribution in [0.4, 0.5) is 0 Å². The van der Waals surface area contributed by atoms with Gasteiger partial charge in [-0.2, -0.15) is 0 Å². The van der Waals surface area contributed by atoms with E-state index in [9.17, 15) is 0 Å². The van der Waals surface area contributed by atoms with Crippen LogP contribution in [0.3, 0.4) is 0 Å². The summed E-state index contributed by atoms with van der Waals surface area (Å²) in [5, 5.41) is 1.04. The molecule has 1 aliphatic rings. The topological polar surface area (TPSA) is 48.4 Å². The molecule has 0 radical (unpaired) electrons. The molecule has 106 valence electrons. The van der Waals surface area contributed by atoms with Gasteiger partial charge in [-0.05, 0) is 33.6 Å². The third-order valence-corrected chi connectivity index (χ3v) is 4.53. The van der Waals surface area contributed by atoms with E-state index in [-0.39, 0.29) is 6.04 Å². The van der Waals surface area contributed by atoms with Crippen molar-refractivity contribution in [2.45, 2.75) is 12.5 Å². The summed E-state index contributed by atoms with van der Waals surface area (Å²) in [6, 6.07) is 13.8. The summed E-state index contributed by atoms with van der Waals surface area (Å²) < 4.78 is 12.6. The fraction of sp³-hybridized carbons (Fsp3) is 0.176. The summed E-state index contributed by atoms with van der Waals surface area (Å²) in [6.07, 6.45) is 0.946. The van der Waals surface area contributed by atoms with Gasteiger partial charge in [0, 0.05) is 17.4 Å². The Kier molecular flexibility index (Phi) is 3.01. The lowest BCUT2D eigenvalue weighted by Crippen LogP contribution is -2.12. The maximum absolute atomic E-state index is 6.41. The van der Waals surface area contributed by atoms with Gasteiger partial charge in [0.15, 0.2) is 0 Å². The Morgan fingerprint density at radius 2 is 2.00 bits per heavy atom. The van der Waals surface area contributed by atoms with Gasteiger partial charge in [-0.1, -0.05) is 30.3 Å². The van der Waals surface area contributed by atoms with Gasteiger partial charge >= 0.3 is 0 Å². The van der Waals surface area contributed by atoms with Crippen molar-refractivity contribution in [3.63, 3.8) is 0 Å². The van der Waals surface area contributed by atoms with E-state index < -0.39 is 0 Å². The molecule has 1 aliphatic heterocycles. The Morgan fingerprint density at radius 1 is 1.14 bits per heavy atom. The number of halogens is 1. The Labute approximate surface area is 130 Å². The number of para-hydroxylation sites is 2. The molecule has 0 bridgehead atoms. The van der Waals surface area contributed by atoms with Crippen LogP contribution in [0.2, 0.25) is 0 Å². The van der Waals surface area contributed by atoms with Crippen molar-refractivity contribution >= 4 is 26.9 Å². The second-order valence-corrected chi connectivity index (χ2v) is 6.07. The molecule has 0 saturated heterocycles. The van der Waals surface area contributed by atoms with Crippen LogP contribution >= 0.6 is 15.9 Å². The Balaban J connectivity index is 1.82. The third-order valence-electron chi connectivity index (χ3n) is 3.90. The van der Waals surface area contributed by atoms with Gasteiger partial charge in [-0.15, -0.1) is 0 Å². The van der Waals surface area contributed by atoms with Crippen molar-refractivity contribution < 1.29 is 9.15 Å². The Bertz CT molecular complexity index is 825. The molecule has 1 aromatic heterocycles. The first-order chi connectivity index (χ1) is 10.2. The minimum atomic E-state index is -0.322. The maximum Gasteiger partial charge on any atom is 0.148 e. The second kappa shape index (κ2) is 4.90. The van der Waals surface area contributed by atoms with Crippen LogP contribution in [0.5, 0.6) is 5.75 Å². The number of hydrogen-bond donors (Lipinski definition) is 1. The van der Waals surface area contributed by atoms with Crippen molar-refractivity contribution in [1.82, 2.24) is 0 Å². The molecular formula is C17H14BrNO2. The van der Waals surface area contributed by atoms with Gasteiger partial charge in [-0.3, -0.25) is 0 Å². The first kappa shape index (κ1) is 12.9. The van der Waals surface area contributed by atoms with Gasteiger partial charge in [-0.25, -0.2) is 0 Å². The first-order valence-electron chi connectivity index (χ1n) is 6.92. The average Bonchev–Trinajstić information content (AvgIpc) is 3.13. The lowest BCUT2D eigenvalue weighted by Gasteiger charge is -2.13. The van der Waals surface area contributed by atoms with Crippen molar-refractivity contribution in [1.29, 1.82) is 0 Å². The van der Waals surface area contributed by atoms with E-state index in [1.165, 1.54) is 5.56 Å². The zero-order valence-electron chi connectivity index (χ0n) is 11.3. The number of nitrogens with two attached hydrogens (primary N) is 1. The highest BCUT2D eigenvalue weighted by Crippen LogP contribution is 2.37. The zero-order valence-corrected chi connectivity index (χ0v) is 12.9. The van der Waals surface area contributed by atoms with E-state index in [2.05, 4.69) is 22.0 Å². The maximum atomic E-state index is 6.41. The van der Waals surface area contributed by atoms with E-state index in [4.69, 9.17) is 14.9 Å². The van der Waals surface area contributed by atoms with Crippen LogP contribution in [0.15, 0.2) is 51.4 Å². The van der Waals surface area contributed by atoms with Crippen LogP contribution in [-0.2, 0) is 6.42 Å². The van der Waals surface area contributed by atoms with Crippen LogP contribution in [0.25, 0.3) is 11.0 Å². The zero-order chi connectivity index (χ0) is 14.4. The fourth-order valence-electron chi connectivity index (χ4n) is 2.84. The average molecular weight is 344 g/mol. The Morgan fingerprint density at radius 3 is 2.86 bits per heavy atom. The quantitative estimate of drug-likeness (QED) is 0.759. The molecular weight excluding hydrogens is 330 g/mol. The number of ether oxygens (including phenoxy) is 1. The smallest absolute Gasteiger partial charge is 0.148 e. The van der Waals surface area contributed by atoms with Crippen LogP contribution in [0.1, 0.15) is 22.9 Å². The van der Waals surface area contributed by atoms with Gasteiger partial charge in [0.1, 0.15) is 17.1 Å². The lowest BCUT2D eigenvalue weighted by atomic mass is 10.0. The summed E-state index contributed by atoms with van der Waals surface area (Å²) in [4.78, 5) is 0. The molecule has 1 unspecified atom stereocenters. The summed E-state index contributed by atoms with van der Waals surface area (Å²) in [7, 11) is 0. The summed E-state index contributed by atoms with van der Waals surface area (Å²) >= 11 is 3.51. The molecule has 0 amide bonds. The number of rotatable bonds is 2. The number of fused-ring (bicyclic) bond motifs is 2. The standard InChI is InChI=1S/C17H14BrNO2/c18-13-6-2-4-11-9-14(21-17(11)13)15(19)12-5-1-3-10-7-8-20-16(10)12/h1-6,9,15H,7-8,19H2. The minimum absolute atomic E-state index is 0.322. The van der Waals surface area contributed by atoms with E-state index >= 15 is 0 Å². The molecule has 1 atom stereocenters.